The van der Waals surface area contributed by atoms with Gasteiger partial charge in [0.25, 0.3) is 0 Å². The van der Waals surface area contributed by atoms with Crippen LogP contribution in [-0.4, -0.2) is 9.97 Å². The highest BCUT2D eigenvalue weighted by molar-refractivity contribution is 5.25. The maximum absolute atomic E-state index is 5.25. The molecule has 0 atom stereocenters. The number of nitrogens with zero attached hydrogens (tertiary/aromatic N) is 1. The third-order valence-corrected chi connectivity index (χ3v) is 1.18. The van der Waals surface area contributed by atoms with Crippen molar-refractivity contribution in [3.8, 4) is 0 Å². The number of H-pyrrole nitrogens is 1. The molecule has 0 amide bonds. The number of pyridine rings is 1. The summed E-state index contributed by atoms with van der Waals surface area (Å²) >= 11 is 0. The number of rotatable bonds is 0. The maximum Gasteiger partial charge on any atom is 0.123 e. The first kappa shape index (κ1) is 8.33. The SMILES string of the molecule is Nc1ccccn1.c1cc[nH]c1. The van der Waals surface area contributed by atoms with E-state index in [2.05, 4.69) is 9.97 Å². The van der Waals surface area contributed by atoms with Crippen molar-refractivity contribution in [3.63, 3.8) is 0 Å². The van der Waals surface area contributed by atoms with E-state index in [1.807, 2.05) is 36.7 Å². The number of nitrogen functional groups attached to an aromatic ring is 1. The van der Waals surface area contributed by atoms with Gasteiger partial charge in [-0.1, -0.05) is 6.07 Å². The molecular formula is C9H11N3. The molecule has 0 unspecified atom stereocenters. The smallest absolute Gasteiger partial charge is 0.123 e. The summed E-state index contributed by atoms with van der Waals surface area (Å²) in [4.78, 5) is 6.62. The number of nitrogens with two attached hydrogens (primary N) is 1. The van der Waals surface area contributed by atoms with Gasteiger partial charge in [-0.15, -0.1) is 0 Å². The predicted molar refractivity (Wildman–Crippen MR) is 49.4 cm³/mol. The van der Waals surface area contributed by atoms with Crippen molar-refractivity contribution in [2.45, 2.75) is 0 Å². The number of aromatic amines is 1. The molecule has 3 N–H and O–H groups in total. The van der Waals surface area contributed by atoms with Gasteiger partial charge in [0.15, 0.2) is 0 Å². The minimum Gasteiger partial charge on any atom is -0.384 e. The van der Waals surface area contributed by atoms with Crippen molar-refractivity contribution in [1.29, 1.82) is 0 Å². The molecule has 2 heterocycles. The van der Waals surface area contributed by atoms with Gasteiger partial charge >= 0.3 is 0 Å². The summed E-state index contributed by atoms with van der Waals surface area (Å²) in [5.74, 6) is 0.572. The lowest BCUT2D eigenvalue weighted by Gasteiger charge is -1.82. The number of nitrogens with one attached hydrogen (secondary N) is 1. The van der Waals surface area contributed by atoms with Gasteiger partial charge in [-0.2, -0.15) is 0 Å². The van der Waals surface area contributed by atoms with E-state index in [0.717, 1.165) is 0 Å². The van der Waals surface area contributed by atoms with Gasteiger partial charge in [0.2, 0.25) is 0 Å². The van der Waals surface area contributed by atoms with E-state index in [-0.39, 0.29) is 0 Å². The fraction of sp³-hybridized carbons (Fsp3) is 0. The Morgan fingerprint density at radius 3 is 2.08 bits per heavy atom. The van der Waals surface area contributed by atoms with Gasteiger partial charge in [-0.3, -0.25) is 0 Å². The van der Waals surface area contributed by atoms with Crippen LogP contribution in [0.3, 0.4) is 0 Å². The first-order valence-corrected chi connectivity index (χ1v) is 3.64. The Bertz CT molecular complexity index is 259. The van der Waals surface area contributed by atoms with Crippen LogP contribution in [0.4, 0.5) is 5.82 Å². The molecule has 0 bridgehead atoms. The Morgan fingerprint density at radius 1 is 1.08 bits per heavy atom. The van der Waals surface area contributed by atoms with Crippen molar-refractivity contribution in [3.05, 3.63) is 48.9 Å². The van der Waals surface area contributed by atoms with E-state index in [0.29, 0.717) is 5.82 Å². The molecule has 2 aromatic rings. The molecule has 0 spiro atoms. The Kier molecular flexibility index (Phi) is 3.44. The van der Waals surface area contributed by atoms with E-state index in [1.54, 1.807) is 12.3 Å². The molecule has 0 saturated carbocycles. The summed E-state index contributed by atoms with van der Waals surface area (Å²) in [7, 11) is 0. The second kappa shape index (κ2) is 4.96. The Labute approximate surface area is 71.3 Å². The molecule has 0 fully saturated rings. The van der Waals surface area contributed by atoms with Gasteiger partial charge in [0.1, 0.15) is 5.82 Å². The summed E-state index contributed by atoms with van der Waals surface area (Å²) in [5, 5.41) is 0. The zero-order chi connectivity index (χ0) is 8.65. The molecule has 0 aromatic carbocycles. The van der Waals surface area contributed by atoms with Crippen LogP contribution in [0.5, 0.6) is 0 Å². The van der Waals surface area contributed by atoms with Crippen molar-refractivity contribution in [2.24, 2.45) is 0 Å². The van der Waals surface area contributed by atoms with Gasteiger partial charge in [-0.25, -0.2) is 4.98 Å². The topological polar surface area (TPSA) is 54.7 Å². The molecule has 0 aliphatic carbocycles. The highest BCUT2D eigenvalue weighted by Crippen LogP contribution is 1.89. The molecule has 0 aliphatic heterocycles. The summed E-state index contributed by atoms with van der Waals surface area (Å²) in [6.07, 6.45) is 5.41. The van der Waals surface area contributed by atoms with Gasteiger partial charge in [0.05, 0.1) is 0 Å². The van der Waals surface area contributed by atoms with Crippen molar-refractivity contribution in [2.75, 3.05) is 5.73 Å². The molecule has 62 valence electrons. The molecule has 3 heteroatoms. The lowest BCUT2D eigenvalue weighted by Crippen LogP contribution is -1.85. The molecule has 2 aromatic heterocycles. The number of anilines is 1. The first-order chi connectivity index (χ1) is 5.89. The average molecular weight is 161 g/mol. The van der Waals surface area contributed by atoms with Crippen molar-refractivity contribution in [1.82, 2.24) is 9.97 Å². The Hall–Kier alpha value is -1.77. The second-order valence-electron chi connectivity index (χ2n) is 2.14. The lowest BCUT2D eigenvalue weighted by molar-refractivity contribution is 1.34. The Morgan fingerprint density at radius 2 is 1.83 bits per heavy atom. The highest BCUT2D eigenvalue weighted by Gasteiger charge is 1.73. The van der Waals surface area contributed by atoms with Crippen LogP contribution in [0, 0.1) is 0 Å². The molecule has 12 heavy (non-hydrogen) atoms. The largest absolute Gasteiger partial charge is 0.384 e. The van der Waals surface area contributed by atoms with Crippen LogP contribution in [0.2, 0.25) is 0 Å². The quantitative estimate of drug-likeness (QED) is 0.617. The van der Waals surface area contributed by atoms with E-state index < -0.39 is 0 Å². The average Bonchev–Trinajstić information content (AvgIpc) is 2.62. The van der Waals surface area contributed by atoms with Gasteiger partial charge in [-0.05, 0) is 24.3 Å². The normalized spacial score (nSPS) is 8.33. The Balaban J connectivity index is 0.000000127. The van der Waals surface area contributed by atoms with Crippen LogP contribution in [-0.2, 0) is 0 Å². The predicted octanol–water partition coefficient (Wildman–Crippen LogP) is 1.68. The van der Waals surface area contributed by atoms with E-state index in [1.165, 1.54) is 0 Å². The monoisotopic (exact) mass is 161 g/mol. The summed E-state index contributed by atoms with van der Waals surface area (Å²) in [5.41, 5.74) is 5.25. The van der Waals surface area contributed by atoms with Gasteiger partial charge < -0.3 is 10.7 Å². The van der Waals surface area contributed by atoms with E-state index >= 15 is 0 Å². The number of aromatic nitrogens is 2. The molecule has 2 rings (SSSR count). The van der Waals surface area contributed by atoms with Gasteiger partial charge in [0, 0.05) is 18.6 Å². The van der Waals surface area contributed by atoms with Crippen LogP contribution in [0.15, 0.2) is 48.9 Å². The van der Waals surface area contributed by atoms with Crippen molar-refractivity contribution >= 4 is 5.82 Å². The third kappa shape index (κ3) is 3.41. The van der Waals surface area contributed by atoms with Crippen molar-refractivity contribution < 1.29 is 0 Å². The summed E-state index contributed by atoms with van der Waals surface area (Å²) in [6, 6.07) is 9.32. The lowest BCUT2D eigenvalue weighted by atomic mass is 10.5. The molecule has 3 nitrogen and oxygen atoms in total. The fourth-order valence-electron chi connectivity index (χ4n) is 0.654. The van der Waals surface area contributed by atoms with Crippen LogP contribution in [0.25, 0.3) is 0 Å². The minimum absolute atomic E-state index is 0.572. The van der Waals surface area contributed by atoms with E-state index in [9.17, 15) is 0 Å². The summed E-state index contributed by atoms with van der Waals surface area (Å²) in [6.45, 7) is 0. The third-order valence-electron chi connectivity index (χ3n) is 1.18. The molecule has 0 radical (unpaired) electrons. The van der Waals surface area contributed by atoms with Crippen LogP contribution < -0.4 is 5.73 Å². The highest BCUT2D eigenvalue weighted by atomic mass is 14.8. The maximum atomic E-state index is 5.25. The first-order valence-electron chi connectivity index (χ1n) is 3.64. The second-order valence-corrected chi connectivity index (χ2v) is 2.14. The van der Waals surface area contributed by atoms with Crippen LogP contribution in [0.1, 0.15) is 0 Å². The van der Waals surface area contributed by atoms with E-state index in [4.69, 9.17) is 5.73 Å². The molecular weight excluding hydrogens is 150 g/mol. The standard InChI is InChI=1S/C5H6N2.C4H5N/c6-5-3-1-2-4-7-5;1-2-4-5-3-1/h1-4H,(H2,6,7);1-5H. The molecule has 0 aliphatic rings. The minimum atomic E-state index is 0.572. The van der Waals surface area contributed by atoms with Crippen LogP contribution >= 0.6 is 0 Å². The zero-order valence-corrected chi connectivity index (χ0v) is 6.64. The fourth-order valence-corrected chi connectivity index (χ4v) is 0.654. The number of hydrogen-bond acceptors (Lipinski definition) is 2. The molecule has 0 saturated heterocycles. The summed E-state index contributed by atoms with van der Waals surface area (Å²) < 4.78 is 0. The number of hydrogen-bond donors (Lipinski definition) is 2. The zero-order valence-electron chi connectivity index (χ0n) is 6.64.